The van der Waals surface area contributed by atoms with Crippen molar-refractivity contribution in [3.05, 3.63) is 69.8 Å². The molecule has 34 heavy (non-hydrogen) atoms. The van der Waals surface area contributed by atoms with Gasteiger partial charge in [-0.25, -0.2) is 0 Å². The summed E-state index contributed by atoms with van der Waals surface area (Å²) < 4.78 is 0. The zero-order valence-corrected chi connectivity index (χ0v) is 23.4. The molecule has 2 aromatic carbocycles. The third-order valence-corrected chi connectivity index (χ3v) is 8.06. The minimum absolute atomic E-state index is 0.0624. The molecule has 6 heteroatoms. The second kappa shape index (κ2) is 12.4. The van der Waals surface area contributed by atoms with Crippen LogP contribution in [0.4, 0.5) is 0 Å². The van der Waals surface area contributed by atoms with Crippen LogP contribution in [0.3, 0.4) is 0 Å². The summed E-state index contributed by atoms with van der Waals surface area (Å²) in [7, 11) is 2.86. The first-order valence-corrected chi connectivity index (χ1v) is 13.9. The predicted molar refractivity (Wildman–Crippen MR) is 152 cm³/mol. The molecule has 0 radical (unpaired) electrons. The van der Waals surface area contributed by atoms with Gasteiger partial charge in [0.05, 0.1) is 13.2 Å². The molecule has 0 aliphatic heterocycles. The van der Waals surface area contributed by atoms with Crippen LogP contribution in [0.5, 0.6) is 0 Å². The lowest BCUT2D eigenvalue weighted by atomic mass is 9.85. The Morgan fingerprint density at radius 2 is 1.03 bits per heavy atom. The Morgan fingerprint density at radius 3 is 1.32 bits per heavy atom. The highest BCUT2D eigenvalue weighted by Crippen LogP contribution is 2.32. The van der Waals surface area contributed by atoms with E-state index < -0.39 is 0 Å². The van der Waals surface area contributed by atoms with Crippen molar-refractivity contribution in [3.63, 3.8) is 0 Å². The average Bonchev–Trinajstić information content (AvgIpc) is 2.73. The lowest BCUT2D eigenvalue weighted by Crippen LogP contribution is -2.12. The molecule has 0 fully saturated rings. The Balaban J connectivity index is 2.06. The minimum Gasteiger partial charge on any atom is -0.393 e. The zero-order valence-electron chi connectivity index (χ0n) is 21.8. The molecule has 2 unspecified atom stereocenters. The molecule has 2 atom stereocenters. The quantitative estimate of drug-likeness (QED) is 0.306. The van der Waals surface area contributed by atoms with Gasteiger partial charge in [0.2, 0.25) is 0 Å². The van der Waals surface area contributed by atoms with Crippen LogP contribution < -0.4 is 0 Å². The van der Waals surface area contributed by atoms with Crippen molar-refractivity contribution in [1.82, 2.24) is 0 Å². The molecular formula is C28H40N2O2S2. The van der Waals surface area contributed by atoms with E-state index >= 15 is 0 Å². The largest absolute Gasteiger partial charge is 0.393 e. The molecular weight excluding hydrogens is 460 g/mol. The summed E-state index contributed by atoms with van der Waals surface area (Å²) in [5, 5.41) is 19.0. The number of aliphatic imine (C=N–C) groups is 2. The van der Waals surface area contributed by atoms with E-state index in [1.807, 2.05) is 12.4 Å². The van der Waals surface area contributed by atoms with Gasteiger partial charge in [-0.05, 0) is 59.1 Å². The van der Waals surface area contributed by atoms with Gasteiger partial charge < -0.3 is 10.2 Å². The second-order valence-electron chi connectivity index (χ2n) is 10.8. The predicted octanol–water partition coefficient (Wildman–Crippen LogP) is 6.45. The normalized spacial score (nSPS) is 14.8. The molecule has 0 saturated heterocycles. The maximum atomic E-state index is 9.82. The maximum Gasteiger partial charge on any atom is 0.128 e. The highest BCUT2D eigenvalue weighted by Gasteiger charge is 2.16. The topological polar surface area (TPSA) is 65.2 Å². The van der Waals surface area contributed by atoms with Gasteiger partial charge in [0.25, 0.3) is 0 Å². The van der Waals surface area contributed by atoms with Crippen molar-refractivity contribution < 1.29 is 10.2 Å². The minimum atomic E-state index is -0.334. The fraction of sp³-hybridized carbons (Fsp3) is 0.500. The van der Waals surface area contributed by atoms with Crippen LogP contribution in [0.1, 0.15) is 74.9 Å². The van der Waals surface area contributed by atoms with Crippen LogP contribution in [-0.2, 0) is 10.8 Å². The summed E-state index contributed by atoms with van der Waals surface area (Å²) in [6, 6.07) is 12.9. The third-order valence-electron chi connectivity index (χ3n) is 5.30. The van der Waals surface area contributed by atoms with Crippen molar-refractivity contribution in [3.8, 4) is 0 Å². The van der Waals surface area contributed by atoms with E-state index in [2.05, 4.69) is 102 Å². The molecule has 0 spiro atoms. The fourth-order valence-electron chi connectivity index (χ4n) is 3.31. The molecule has 0 heterocycles. The second-order valence-corrected chi connectivity index (χ2v) is 13.4. The third kappa shape index (κ3) is 9.21. The van der Waals surface area contributed by atoms with Crippen LogP contribution >= 0.6 is 21.6 Å². The summed E-state index contributed by atoms with van der Waals surface area (Å²) in [6.07, 6.45) is 3.66. The molecule has 186 valence electrons. The Morgan fingerprint density at radius 1 is 0.676 bits per heavy atom. The molecule has 2 aromatic rings. The first-order chi connectivity index (χ1) is 15.8. The lowest BCUT2D eigenvalue weighted by Gasteiger charge is -2.20. The summed E-state index contributed by atoms with van der Waals surface area (Å²) in [5.41, 5.74) is 7.09. The van der Waals surface area contributed by atoms with E-state index in [0.717, 1.165) is 11.1 Å². The average molecular weight is 501 g/mol. The van der Waals surface area contributed by atoms with Crippen molar-refractivity contribution in [2.75, 3.05) is 13.2 Å². The summed E-state index contributed by atoms with van der Waals surface area (Å²) in [4.78, 5) is 9.17. The monoisotopic (exact) mass is 500 g/mol. The van der Waals surface area contributed by atoms with E-state index in [0.29, 0.717) is 0 Å². The highest BCUT2D eigenvalue weighted by atomic mass is 33.1. The van der Waals surface area contributed by atoms with E-state index in [9.17, 15) is 10.2 Å². The van der Waals surface area contributed by atoms with Crippen molar-refractivity contribution in [2.45, 2.75) is 77.0 Å². The summed E-state index contributed by atoms with van der Waals surface area (Å²) in [5.74, 6) is 0. The molecule has 2 N–H and O–H groups in total. The molecule has 0 saturated carbocycles. The molecule has 0 aromatic heterocycles. The molecule has 0 aliphatic carbocycles. The van der Waals surface area contributed by atoms with Crippen LogP contribution in [0.25, 0.3) is 0 Å². The first kappa shape index (κ1) is 28.6. The Labute approximate surface area is 213 Å². The van der Waals surface area contributed by atoms with Crippen molar-refractivity contribution in [1.29, 1.82) is 0 Å². The number of hydrogen-bond donors (Lipinski definition) is 2. The zero-order chi connectivity index (χ0) is 25.5. The van der Waals surface area contributed by atoms with Gasteiger partial charge in [-0.2, -0.15) is 0 Å². The van der Waals surface area contributed by atoms with Gasteiger partial charge in [0.1, 0.15) is 10.7 Å². The van der Waals surface area contributed by atoms with Gasteiger partial charge in [-0.1, -0.05) is 98.5 Å². The molecule has 0 aliphatic rings. The van der Waals surface area contributed by atoms with Gasteiger partial charge in [-0.3, -0.25) is 9.98 Å². The van der Waals surface area contributed by atoms with Crippen molar-refractivity contribution in [2.24, 2.45) is 9.98 Å². The van der Waals surface area contributed by atoms with E-state index in [1.54, 1.807) is 0 Å². The number of aliphatic hydroxyl groups excluding tert-OH is 2. The van der Waals surface area contributed by atoms with E-state index in [1.165, 1.54) is 43.8 Å². The Hall–Kier alpha value is -1.60. The van der Waals surface area contributed by atoms with E-state index in [-0.39, 0.29) is 34.8 Å². The molecule has 0 bridgehead atoms. The maximum absolute atomic E-state index is 9.82. The lowest BCUT2D eigenvalue weighted by molar-refractivity contribution is 0.296. The van der Waals surface area contributed by atoms with Gasteiger partial charge in [0, 0.05) is 12.4 Å². The Bertz CT molecular complexity index is 923. The van der Waals surface area contributed by atoms with Crippen LogP contribution in [0.15, 0.2) is 46.4 Å². The van der Waals surface area contributed by atoms with Crippen LogP contribution in [-0.4, -0.2) is 46.6 Å². The Kier molecular flexibility index (Phi) is 10.4. The number of aryl methyl sites for hydroxylation is 2. The highest BCUT2D eigenvalue weighted by molar-refractivity contribution is 8.77. The standard InChI is InChI=1S/C28H40N2O2S2/c1-19-9-21(13-23(11-19)27(3,4)5)15-29-25(17-31)33-34-26(18-32)30-16-22-10-20(2)12-24(14-22)28(6,7)8/h9-16,25-26,31-32H,17-18H2,1-8H3. The molecule has 0 amide bonds. The van der Waals surface area contributed by atoms with Gasteiger partial charge >= 0.3 is 0 Å². The van der Waals surface area contributed by atoms with E-state index in [4.69, 9.17) is 0 Å². The number of nitrogens with zero attached hydrogens (tertiary/aromatic N) is 2. The number of rotatable bonds is 9. The summed E-state index contributed by atoms with van der Waals surface area (Å²) >= 11 is 0. The smallest absolute Gasteiger partial charge is 0.128 e. The van der Waals surface area contributed by atoms with Crippen LogP contribution in [0, 0.1) is 13.8 Å². The number of benzene rings is 2. The first-order valence-electron chi connectivity index (χ1n) is 11.7. The SMILES string of the molecule is Cc1cc(C=NC(CO)SSC(CO)N=Cc2cc(C)cc(C(C)(C)C)c2)cc(C(C)(C)C)c1. The fourth-order valence-corrected chi connectivity index (χ4v) is 5.34. The van der Waals surface area contributed by atoms with Crippen LogP contribution in [0.2, 0.25) is 0 Å². The molecule has 4 nitrogen and oxygen atoms in total. The molecule has 2 rings (SSSR count). The number of hydrogen-bond acceptors (Lipinski definition) is 6. The van der Waals surface area contributed by atoms with Crippen molar-refractivity contribution >= 4 is 34.0 Å². The summed E-state index contributed by atoms with van der Waals surface area (Å²) in [6.45, 7) is 17.2. The van der Waals surface area contributed by atoms with Gasteiger partial charge in [-0.15, -0.1) is 0 Å². The van der Waals surface area contributed by atoms with Gasteiger partial charge in [0.15, 0.2) is 0 Å². The number of aliphatic hydroxyl groups is 2.